The molecule has 0 aliphatic carbocycles. The minimum Gasteiger partial charge on any atom is -0.616 e. The van der Waals surface area contributed by atoms with Crippen LogP contribution in [0.15, 0.2) is 24.3 Å². The van der Waals surface area contributed by atoms with Gasteiger partial charge in [0.15, 0.2) is 11.5 Å². The fourth-order valence-corrected chi connectivity index (χ4v) is 3.32. The quantitative estimate of drug-likeness (QED) is 0.755. The van der Waals surface area contributed by atoms with E-state index in [-0.39, 0.29) is 16.8 Å². The van der Waals surface area contributed by atoms with Crippen molar-refractivity contribution in [3.63, 3.8) is 0 Å². The smallest absolute Gasteiger partial charge is 0.178 e. The summed E-state index contributed by atoms with van der Waals surface area (Å²) in [7, 11) is 0. The second-order valence-electron chi connectivity index (χ2n) is 3.89. The summed E-state index contributed by atoms with van der Waals surface area (Å²) in [6.07, 6.45) is 0.719. The van der Waals surface area contributed by atoms with Gasteiger partial charge in [-0.25, -0.2) is 0 Å². The van der Waals surface area contributed by atoms with Crippen LogP contribution in [0.2, 0.25) is 0 Å². The maximum atomic E-state index is 12.0. The fraction of sp³-hybridized carbons (Fsp3) is 0.417. The molecule has 16 heavy (non-hydrogen) atoms. The number of Topliss-reactive ketones (excluding diaryl/α,β-unsaturated/α-hetero) is 1. The van der Waals surface area contributed by atoms with Gasteiger partial charge < -0.3 is 9.29 Å². The number of hydrogen-bond donors (Lipinski definition) is 0. The van der Waals surface area contributed by atoms with Crippen LogP contribution >= 0.6 is 0 Å². The molecule has 86 valence electrons. The zero-order valence-electron chi connectivity index (χ0n) is 9.14. The number of carbonyl (C=O) groups excluding carboxylic acids is 1. The van der Waals surface area contributed by atoms with Crippen LogP contribution in [0.25, 0.3) is 0 Å². The highest BCUT2D eigenvalue weighted by Gasteiger charge is 2.31. The lowest BCUT2D eigenvalue weighted by Crippen LogP contribution is -2.25. The number of fused-ring (bicyclic) bond motifs is 1. The first-order chi connectivity index (χ1) is 7.68. The normalized spacial score (nSPS) is 20.8. The second-order valence-corrected chi connectivity index (χ2v) is 5.51. The molecular formula is C12H14O3S. The molecule has 0 saturated heterocycles. The number of para-hydroxylation sites is 1. The zero-order chi connectivity index (χ0) is 11.5. The average molecular weight is 238 g/mol. The van der Waals surface area contributed by atoms with Crippen LogP contribution in [0.3, 0.4) is 0 Å². The fourth-order valence-electron chi connectivity index (χ4n) is 1.88. The number of ketones is 1. The predicted octanol–water partition coefficient (Wildman–Crippen LogP) is 1.85. The number of ether oxygens (including phenoxy) is 1. The van der Waals surface area contributed by atoms with E-state index in [0.29, 0.717) is 6.61 Å². The lowest BCUT2D eigenvalue weighted by Gasteiger charge is -2.27. The highest BCUT2D eigenvalue weighted by atomic mass is 32.2. The monoisotopic (exact) mass is 238 g/mol. The highest BCUT2D eigenvalue weighted by molar-refractivity contribution is 7.92. The highest BCUT2D eigenvalue weighted by Crippen LogP contribution is 2.37. The molecule has 2 rings (SSSR count). The summed E-state index contributed by atoms with van der Waals surface area (Å²) < 4.78 is 17.5. The molecule has 0 radical (unpaired) electrons. The van der Waals surface area contributed by atoms with Crippen LogP contribution in [0.4, 0.5) is 0 Å². The first-order valence-corrected chi connectivity index (χ1v) is 6.65. The average Bonchev–Trinajstić information content (AvgIpc) is 2.27. The van der Waals surface area contributed by atoms with E-state index in [1.165, 1.54) is 6.92 Å². The first-order valence-electron chi connectivity index (χ1n) is 5.27. The lowest BCUT2D eigenvalue weighted by atomic mass is 10.1. The Hall–Kier alpha value is -1.00. The first kappa shape index (κ1) is 11.5. The largest absolute Gasteiger partial charge is 0.616 e. The summed E-state index contributed by atoms with van der Waals surface area (Å²) in [5.74, 6) is 0.914. The van der Waals surface area contributed by atoms with Crippen molar-refractivity contribution in [2.75, 3.05) is 12.4 Å². The molecule has 0 amide bonds. The third-order valence-corrected chi connectivity index (χ3v) is 4.38. The van der Waals surface area contributed by atoms with Crippen LogP contribution in [-0.4, -0.2) is 22.7 Å². The minimum absolute atomic E-state index is 0.0256. The Morgan fingerprint density at radius 2 is 2.31 bits per heavy atom. The molecule has 0 saturated carbocycles. The minimum atomic E-state index is -1.13. The van der Waals surface area contributed by atoms with Gasteiger partial charge in [-0.15, -0.1) is 0 Å². The number of rotatable bonds is 3. The van der Waals surface area contributed by atoms with Crippen molar-refractivity contribution < 1.29 is 14.1 Å². The Kier molecular flexibility index (Phi) is 3.51. The number of benzene rings is 1. The molecule has 0 spiro atoms. The Labute approximate surface area is 98.0 Å². The maximum absolute atomic E-state index is 12.0. The molecule has 0 aromatic heterocycles. The third-order valence-electron chi connectivity index (χ3n) is 2.57. The van der Waals surface area contributed by atoms with Crippen LogP contribution in [0, 0.1) is 0 Å². The molecule has 3 nitrogen and oxygen atoms in total. The van der Waals surface area contributed by atoms with E-state index < -0.39 is 11.2 Å². The van der Waals surface area contributed by atoms with E-state index in [1.807, 2.05) is 24.3 Å². The van der Waals surface area contributed by atoms with Gasteiger partial charge in [0.25, 0.3) is 0 Å². The zero-order valence-corrected chi connectivity index (χ0v) is 9.96. The van der Waals surface area contributed by atoms with Crippen LogP contribution < -0.4 is 4.74 Å². The summed E-state index contributed by atoms with van der Waals surface area (Å²) in [6.45, 7) is 2.05. The molecule has 2 atom stereocenters. The van der Waals surface area contributed by atoms with E-state index in [2.05, 4.69) is 0 Å². The van der Waals surface area contributed by atoms with Gasteiger partial charge in [0.1, 0.15) is 11.0 Å². The third kappa shape index (κ3) is 2.39. The maximum Gasteiger partial charge on any atom is 0.178 e. The number of hydrogen-bond acceptors (Lipinski definition) is 3. The molecule has 1 aromatic carbocycles. The van der Waals surface area contributed by atoms with E-state index in [0.717, 1.165) is 17.7 Å². The lowest BCUT2D eigenvalue weighted by molar-refractivity contribution is -0.114. The van der Waals surface area contributed by atoms with E-state index in [4.69, 9.17) is 4.74 Å². The second kappa shape index (κ2) is 4.89. The predicted molar refractivity (Wildman–Crippen MR) is 63.0 cm³/mol. The van der Waals surface area contributed by atoms with Crippen molar-refractivity contribution in [3.05, 3.63) is 29.8 Å². The standard InChI is InChI=1S/C12H14O3S/c1-9(13)8-16(14)12-6-7-15-11-5-3-2-4-10(11)12/h2-5,12H,6-8H2,1H3. The molecule has 0 N–H and O–H groups in total. The molecule has 1 aliphatic rings. The van der Waals surface area contributed by atoms with Crippen molar-refractivity contribution in [3.8, 4) is 5.75 Å². The summed E-state index contributed by atoms with van der Waals surface area (Å²) in [5, 5.41) is -0.0613. The van der Waals surface area contributed by atoms with Crippen molar-refractivity contribution in [1.82, 2.24) is 0 Å². The van der Waals surface area contributed by atoms with Gasteiger partial charge in [-0.3, -0.25) is 4.79 Å². The van der Waals surface area contributed by atoms with E-state index >= 15 is 0 Å². The molecule has 1 aromatic rings. The Morgan fingerprint density at radius 3 is 3.06 bits per heavy atom. The molecule has 0 fully saturated rings. The molecule has 1 heterocycles. The topological polar surface area (TPSA) is 49.4 Å². The van der Waals surface area contributed by atoms with Crippen molar-refractivity contribution in [2.45, 2.75) is 18.6 Å². The summed E-state index contributed by atoms with van der Waals surface area (Å²) in [6, 6.07) is 7.62. The van der Waals surface area contributed by atoms with Crippen LogP contribution in [0.1, 0.15) is 24.2 Å². The molecule has 1 aliphatic heterocycles. The van der Waals surface area contributed by atoms with Gasteiger partial charge in [-0.1, -0.05) is 18.2 Å². The van der Waals surface area contributed by atoms with Gasteiger partial charge in [-0.05, 0) is 24.2 Å². The summed E-state index contributed by atoms with van der Waals surface area (Å²) >= 11 is -1.13. The molecular weight excluding hydrogens is 224 g/mol. The van der Waals surface area contributed by atoms with Crippen LogP contribution in [-0.2, 0) is 16.0 Å². The number of carbonyl (C=O) groups is 1. The SMILES string of the molecule is CC(=O)C[S+]([O-])C1CCOc2ccccc21. The van der Waals surface area contributed by atoms with Gasteiger partial charge in [0.05, 0.1) is 6.61 Å². The van der Waals surface area contributed by atoms with Gasteiger partial charge in [-0.2, -0.15) is 0 Å². The summed E-state index contributed by atoms with van der Waals surface area (Å²) in [4.78, 5) is 11.0. The summed E-state index contributed by atoms with van der Waals surface area (Å²) in [5.41, 5.74) is 0.966. The molecule has 0 bridgehead atoms. The van der Waals surface area contributed by atoms with E-state index in [1.54, 1.807) is 0 Å². The van der Waals surface area contributed by atoms with Gasteiger partial charge in [0, 0.05) is 12.0 Å². The van der Waals surface area contributed by atoms with Crippen molar-refractivity contribution in [1.29, 1.82) is 0 Å². The Balaban J connectivity index is 2.21. The Morgan fingerprint density at radius 1 is 1.56 bits per heavy atom. The Bertz CT molecular complexity index is 392. The van der Waals surface area contributed by atoms with Crippen molar-refractivity contribution in [2.24, 2.45) is 0 Å². The van der Waals surface area contributed by atoms with Crippen molar-refractivity contribution >= 4 is 17.0 Å². The van der Waals surface area contributed by atoms with E-state index in [9.17, 15) is 9.35 Å². The van der Waals surface area contributed by atoms with Gasteiger partial charge in [0.2, 0.25) is 0 Å². The molecule has 4 heteroatoms. The van der Waals surface area contributed by atoms with Crippen LogP contribution in [0.5, 0.6) is 5.75 Å². The molecule has 2 unspecified atom stereocenters. The van der Waals surface area contributed by atoms with Gasteiger partial charge >= 0.3 is 0 Å².